The van der Waals surface area contributed by atoms with Gasteiger partial charge in [-0.15, -0.1) is 0 Å². The van der Waals surface area contributed by atoms with Gasteiger partial charge in [-0.1, -0.05) is 178 Å². The van der Waals surface area contributed by atoms with Crippen molar-refractivity contribution in [2.75, 3.05) is 26.4 Å². The number of phosphoric acid groups is 1. The number of carbonyl (C=O) groups excluding carboxylic acids is 3. The lowest BCUT2D eigenvalue weighted by Gasteiger charge is -2.21. The standard InChI is InChI=1S/C54H95O11P/c1-4-7-10-13-16-19-22-23-24-25-26-27-30-31-34-37-40-43-52(56)61-47-51(65-54(58)45-42-39-36-33-29-21-18-15-12-9-6-3)49-63-66(59,60)62-48-50(46-55)64-53(57)44-41-38-35-32-28-20-17-14-11-8-5-2/h7,10,14-19,23-24,50-51,55H,4-6,8-9,11-13,20-22,25-49H2,1-3H3,(H,59,60)/b10-7-,17-14-,18-15-,19-16-,24-23-. The van der Waals surface area contributed by atoms with E-state index in [9.17, 15) is 28.9 Å². The average molecular weight is 951 g/mol. The third-order valence-corrected chi connectivity index (χ3v) is 11.8. The van der Waals surface area contributed by atoms with E-state index in [1.807, 2.05) is 0 Å². The topological polar surface area (TPSA) is 155 Å². The van der Waals surface area contributed by atoms with Crippen molar-refractivity contribution in [3.05, 3.63) is 60.8 Å². The van der Waals surface area contributed by atoms with Crippen LogP contribution < -0.4 is 0 Å². The minimum Gasteiger partial charge on any atom is -0.462 e. The first-order valence-corrected chi connectivity index (χ1v) is 27.7. The molecule has 66 heavy (non-hydrogen) atoms. The molecule has 0 aliphatic carbocycles. The van der Waals surface area contributed by atoms with Gasteiger partial charge in [0.15, 0.2) is 6.10 Å². The number of rotatable bonds is 48. The van der Waals surface area contributed by atoms with Gasteiger partial charge < -0.3 is 24.2 Å². The van der Waals surface area contributed by atoms with Crippen molar-refractivity contribution in [2.24, 2.45) is 0 Å². The molecule has 0 radical (unpaired) electrons. The van der Waals surface area contributed by atoms with Gasteiger partial charge in [-0.3, -0.25) is 23.4 Å². The molecule has 0 aromatic heterocycles. The molecule has 0 saturated heterocycles. The summed E-state index contributed by atoms with van der Waals surface area (Å²) in [6.45, 7) is 4.41. The molecule has 0 bridgehead atoms. The van der Waals surface area contributed by atoms with Crippen LogP contribution in [0.25, 0.3) is 0 Å². The molecule has 382 valence electrons. The monoisotopic (exact) mass is 951 g/mol. The van der Waals surface area contributed by atoms with Crippen LogP contribution in [0.5, 0.6) is 0 Å². The number of hydrogen-bond acceptors (Lipinski definition) is 10. The number of hydrogen-bond donors (Lipinski definition) is 2. The van der Waals surface area contributed by atoms with Crippen molar-refractivity contribution < 1.29 is 52.2 Å². The van der Waals surface area contributed by atoms with Crippen LogP contribution in [0.4, 0.5) is 0 Å². The Morgan fingerprint density at radius 3 is 1.23 bits per heavy atom. The molecule has 2 N–H and O–H groups in total. The lowest BCUT2D eigenvalue weighted by molar-refractivity contribution is -0.161. The summed E-state index contributed by atoms with van der Waals surface area (Å²) in [6.07, 6.45) is 50.5. The second-order valence-electron chi connectivity index (χ2n) is 17.3. The third-order valence-electron chi connectivity index (χ3n) is 10.9. The van der Waals surface area contributed by atoms with Crippen LogP contribution in [0.2, 0.25) is 0 Å². The van der Waals surface area contributed by atoms with Crippen molar-refractivity contribution in [2.45, 2.75) is 238 Å². The quantitative estimate of drug-likeness (QED) is 0.0197. The van der Waals surface area contributed by atoms with Crippen LogP contribution in [0.15, 0.2) is 60.8 Å². The van der Waals surface area contributed by atoms with Gasteiger partial charge in [-0.25, -0.2) is 4.57 Å². The minimum atomic E-state index is -4.74. The normalized spacial score (nSPS) is 14.0. The molecule has 0 aromatic rings. The van der Waals surface area contributed by atoms with Crippen molar-refractivity contribution in [1.29, 1.82) is 0 Å². The molecular weight excluding hydrogens is 856 g/mol. The van der Waals surface area contributed by atoms with Crippen LogP contribution in [-0.4, -0.2) is 66.5 Å². The molecule has 0 heterocycles. The number of esters is 3. The maximum absolute atomic E-state index is 12.8. The predicted molar refractivity (Wildman–Crippen MR) is 270 cm³/mol. The Morgan fingerprint density at radius 1 is 0.439 bits per heavy atom. The molecule has 0 aliphatic heterocycles. The van der Waals surface area contributed by atoms with E-state index in [-0.39, 0.29) is 25.9 Å². The first-order valence-electron chi connectivity index (χ1n) is 26.2. The van der Waals surface area contributed by atoms with E-state index < -0.39 is 57.8 Å². The van der Waals surface area contributed by atoms with Crippen molar-refractivity contribution in [3.8, 4) is 0 Å². The fraction of sp³-hybridized carbons (Fsp3) is 0.759. The number of ether oxygens (including phenoxy) is 3. The largest absolute Gasteiger partial charge is 0.472 e. The Morgan fingerprint density at radius 2 is 0.788 bits per heavy atom. The van der Waals surface area contributed by atoms with Crippen molar-refractivity contribution >= 4 is 25.7 Å². The molecule has 0 saturated carbocycles. The number of aliphatic hydroxyl groups excluding tert-OH is 1. The fourth-order valence-electron chi connectivity index (χ4n) is 6.86. The zero-order valence-corrected chi connectivity index (χ0v) is 42.8. The molecule has 0 spiro atoms. The Kier molecular flexibility index (Phi) is 46.6. The molecule has 0 rings (SSSR count). The molecule has 0 aromatic carbocycles. The van der Waals surface area contributed by atoms with Gasteiger partial charge in [0.05, 0.1) is 19.8 Å². The second-order valence-corrected chi connectivity index (χ2v) is 18.8. The lowest BCUT2D eigenvalue weighted by atomic mass is 10.1. The summed E-state index contributed by atoms with van der Waals surface area (Å²) in [5, 5.41) is 9.75. The molecule has 11 nitrogen and oxygen atoms in total. The van der Waals surface area contributed by atoms with Crippen LogP contribution in [0.3, 0.4) is 0 Å². The zero-order valence-electron chi connectivity index (χ0n) is 41.9. The first kappa shape index (κ1) is 63.2. The van der Waals surface area contributed by atoms with Gasteiger partial charge in [-0.05, 0) is 89.9 Å². The highest BCUT2D eigenvalue weighted by Crippen LogP contribution is 2.43. The number of unbranched alkanes of at least 4 members (excludes halogenated alkanes) is 21. The number of allylic oxidation sites excluding steroid dienone is 10. The van der Waals surface area contributed by atoms with Gasteiger partial charge in [-0.2, -0.15) is 0 Å². The van der Waals surface area contributed by atoms with E-state index in [0.717, 1.165) is 128 Å². The summed E-state index contributed by atoms with van der Waals surface area (Å²) in [5.74, 6) is -1.50. The van der Waals surface area contributed by atoms with Gasteiger partial charge in [0.2, 0.25) is 0 Å². The maximum atomic E-state index is 12.8. The Hall–Kier alpha value is -2.82. The highest BCUT2D eigenvalue weighted by molar-refractivity contribution is 7.47. The fourth-order valence-corrected chi connectivity index (χ4v) is 7.64. The van der Waals surface area contributed by atoms with Crippen LogP contribution in [0, 0.1) is 0 Å². The zero-order chi connectivity index (χ0) is 48.4. The summed E-state index contributed by atoms with van der Waals surface area (Å²) in [5.41, 5.74) is 0. The Labute approximate surface area is 402 Å². The SMILES string of the molecule is CC/C=C\C/C=C\C/C=C\CCCCCCCCCC(=O)OCC(COP(=O)(O)OCC(CO)OC(=O)CCCCCCC/C=C\CCCC)OC(=O)CCCCCCC/C=C\CCCC. The lowest BCUT2D eigenvalue weighted by Crippen LogP contribution is -2.30. The highest BCUT2D eigenvalue weighted by Gasteiger charge is 2.28. The Balaban J connectivity index is 4.73. The van der Waals surface area contributed by atoms with E-state index >= 15 is 0 Å². The summed E-state index contributed by atoms with van der Waals surface area (Å²) in [4.78, 5) is 48.3. The van der Waals surface area contributed by atoms with Gasteiger partial charge >= 0.3 is 25.7 Å². The number of aliphatic hydroxyl groups is 1. The van der Waals surface area contributed by atoms with Gasteiger partial charge in [0.25, 0.3) is 0 Å². The van der Waals surface area contributed by atoms with E-state index in [1.54, 1.807) is 0 Å². The van der Waals surface area contributed by atoms with E-state index in [4.69, 9.17) is 23.3 Å². The molecule has 3 unspecified atom stereocenters. The van der Waals surface area contributed by atoms with Crippen LogP contribution in [-0.2, 0) is 42.2 Å². The first-order chi connectivity index (χ1) is 32.2. The van der Waals surface area contributed by atoms with E-state index in [2.05, 4.69) is 81.5 Å². The highest BCUT2D eigenvalue weighted by atomic mass is 31.2. The maximum Gasteiger partial charge on any atom is 0.472 e. The Bertz CT molecular complexity index is 1340. The summed E-state index contributed by atoms with van der Waals surface area (Å²) in [6, 6.07) is 0. The van der Waals surface area contributed by atoms with Crippen LogP contribution in [0.1, 0.15) is 226 Å². The molecule has 3 atom stereocenters. The predicted octanol–water partition coefficient (Wildman–Crippen LogP) is 14.8. The molecular formula is C54H95O11P. The summed E-state index contributed by atoms with van der Waals surface area (Å²) in [7, 11) is -4.74. The van der Waals surface area contributed by atoms with Crippen LogP contribution >= 0.6 is 7.82 Å². The summed E-state index contributed by atoms with van der Waals surface area (Å²) >= 11 is 0. The van der Waals surface area contributed by atoms with Gasteiger partial charge in [0.1, 0.15) is 12.7 Å². The van der Waals surface area contributed by atoms with E-state index in [1.165, 1.54) is 38.5 Å². The number of carbonyl (C=O) groups is 3. The molecule has 12 heteroatoms. The second kappa shape index (κ2) is 48.6. The van der Waals surface area contributed by atoms with E-state index in [0.29, 0.717) is 19.3 Å². The smallest absolute Gasteiger partial charge is 0.462 e. The molecule has 0 fully saturated rings. The third kappa shape index (κ3) is 46.3. The summed E-state index contributed by atoms with van der Waals surface area (Å²) < 4.78 is 39.3. The van der Waals surface area contributed by atoms with Crippen molar-refractivity contribution in [1.82, 2.24) is 0 Å². The van der Waals surface area contributed by atoms with Crippen molar-refractivity contribution in [3.63, 3.8) is 0 Å². The average Bonchev–Trinajstić information content (AvgIpc) is 3.30. The molecule has 0 amide bonds. The number of phosphoric ester groups is 1. The minimum absolute atomic E-state index is 0.153. The van der Waals surface area contributed by atoms with Gasteiger partial charge in [0, 0.05) is 19.3 Å². The molecule has 0 aliphatic rings.